The molecule has 0 unspecified atom stereocenters. The highest BCUT2D eigenvalue weighted by molar-refractivity contribution is 5.69. The maximum absolute atomic E-state index is 11.6. The van der Waals surface area contributed by atoms with Gasteiger partial charge in [0.2, 0.25) is 0 Å². The summed E-state index contributed by atoms with van der Waals surface area (Å²) in [5, 5.41) is 28.8. The van der Waals surface area contributed by atoms with E-state index in [9.17, 15) is 20.1 Å². The van der Waals surface area contributed by atoms with Crippen LogP contribution in [0.3, 0.4) is 0 Å². The first-order chi connectivity index (χ1) is 11.6. The van der Waals surface area contributed by atoms with Gasteiger partial charge in [0.15, 0.2) is 0 Å². The van der Waals surface area contributed by atoms with Crippen molar-refractivity contribution in [2.24, 2.45) is 0 Å². The first-order valence-corrected chi connectivity index (χ1v) is 9.37. The molecule has 142 valence electrons. The lowest BCUT2D eigenvalue weighted by atomic mass is 10.1. The van der Waals surface area contributed by atoms with Crippen LogP contribution < -0.4 is 0 Å². The van der Waals surface area contributed by atoms with E-state index in [1.54, 1.807) is 0 Å². The van der Waals surface area contributed by atoms with E-state index in [0.29, 0.717) is 6.42 Å². The summed E-state index contributed by atoms with van der Waals surface area (Å²) < 4.78 is 10.1. The van der Waals surface area contributed by atoms with Gasteiger partial charge in [0.25, 0.3) is 0 Å². The molecular weight excluding hydrogens is 312 g/mol. The second-order valence-corrected chi connectivity index (χ2v) is 6.68. The van der Waals surface area contributed by atoms with Crippen LogP contribution in [-0.4, -0.2) is 58.9 Å². The summed E-state index contributed by atoms with van der Waals surface area (Å²) in [6.07, 6.45) is 6.84. The molecule has 1 rings (SSSR count). The van der Waals surface area contributed by atoms with E-state index < -0.39 is 24.4 Å². The van der Waals surface area contributed by atoms with Gasteiger partial charge >= 0.3 is 5.97 Å². The predicted octanol–water partition coefficient (Wildman–Crippen LogP) is 1.93. The van der Waals surface area contributed by atoms with Crippen LogP contribution in [0.1, 0.15) is 71.1 Å². The number of rotatable bonds is 13. The summed E-state index contributed by atoms with van der Waals surface area (Å²) in [4.78, 5) is 11.6. The highest BCUT2D eigenvalue weighted by Gasteiger charge is 2.39. The van der Waals surface area contributed by atoms with E-state index in [1.807, 2.05) is 0 Å². The molecule has 1 aliphatic rings. The minimum absolute atomic E-state index is 0.0186. The Morgan fingerprint density at radius 3 is 2.21 bits per heavy atom. The van der Waals surface area contributed by atoms with Crippen molar-refractivity contribution in [1.29, 1.82) is 0 Å². The molecule has 24 heavy (non-hydrogen) atoms. The summed E-state index contributed by atoms with van der Waals surface area (Å²) in [6.45, 7) is 1.98. The third-order valence-corrected chi connectivity index (χ3v) is 4.47. The number of aliphatic hydroxyl groups is 3. The van der Waals surface area contributed by atoms with Crippen molar-refractivity contribution in [3.05, 3.63) is 0 Å². The Morgan fingerprint density at radius 1 is 1.08 bits per heavy atom. The van der Waals surface area contributed by atoms with Crippen LogP contribution in [0, 0.1) is 0 Å². The molecule has 1 fully saturated rings. The first-order valence-electron chi connectivity index (χ1n) is 9.37. The molecule has 0 aromatic heterocycles. The number of hydrogen-bond acceptors (Lipinski definition) is 6. The van der Waals surface area contributed by atoms with Crippen molar-refractivity contribution in [3.63, 3.8) is 0 Å². The number of carbonyl (C=O) groups excluding carboxylic acids is 1. The zero-order valence-electron chi connectivity index (χ0n) is 14.9. The Morgan fingerprint density at radius 2 is 1.67 bits per heavy atom. The van der Waals surface area contributed by atoms with Crippen molar-refractivity contribution >= 4 is 5.97 Å². The summed E-state index contributed by atoms with van der Waals surface area (Å²) >= 11 is 0. The average Bonchev–Trinajstić information content (AvgIpc) is 2.90. The van der Waals surface area contributed by atoms with Gasteiger partial charge in [-0.1, -0.05) is 58.3 Å². The van der Waals surface area contributed by atoms with Crippen LogP contribution in [0.5, 0.6) is 0 Å². The maximum Gasteiger partial charge on any atom is 0.305 e. The van der Waals surface area contributed by atoms with Gasteiger partial charge in [-0.2, -0.15) is 0 Å². The molecular formula is C18H34O6. The molecule has 0 amide bonds. The second kappa shape index (κ2) is 12.6. The number of esters is 1. The van der Waals surface area contributed by atoms with Crippen molar-refractivity contribution in [2.45, 2.75) is 95.5 Å². The minimum Gasteiger partial charge on any atom is -0.463 e. The van der Waals surface area contributed by atoms with Gasteiger partial charge in [-0.3, -0.25) is 4.79 Å². The van der Waals surface area contributed by atoms with Gasteiger partial charge < -0.3 is 24.8 Å². The van der Waals surface area contributed by atoms with E-state index in [1.165, 1.54) is 38.5 Å². The predicted molar refractivity (Wildman–Crippen MR) is 90.6 cm³/mol. The highest BCUT2D eigenvalue weighted by Crippen LogP contribution is 2.18. The standard InChI is InChI=1S/C18H34O6/c1-2-3-4-5-6-7-8-9-10-11-16(21)23-13-15(20)18-17(22)14(19)12-24-18/h14-15,17-20,22H,2-13H2,1H3/t14-,15+,17-,18+/m1/s1. The molecule has 3 N–H and O–H groups in total. The van der Waals surface area contributed by atoms with Crippen molar-refractivity contribution in [1.82, 2.24) is 0 Å². The molecule has 6 heteroatoms. The first kappa shape index (κ1) is 21.4. The molecule has 0 bridgehead atoms. The minimum atomic E-state index is -1.14. The third kappa shape index (κ3) is 8.42. The molecule has 1 saturated heterocycles. The monoisotopic (exact) mass is 346 g/mol. The molecule has 1 aliphatic heterocycles. The highest BCUT2D eigenvalue weighted by atomic mass is 16.6. The average molecular weight is 346 g/mol. The van der Waals surface area contributed by atoms with E-state index in [2.05, 4.69) is 6.92 Å². The molecule has 0 aromatic carbocycles. The van der Waals surface area contributed by atoms with Crippen LogP contribution in [0.2, 0.25) is 0 Å². The molecule has 4 atom stereocenters. The van der Waals surface area contributed by atoms with Crippen LogP contribution in [0.25, 0.3) is 0 Å². The number of unbranched alkanes of at least 4 members (excludes halogenated alkanes) is 8. The Hall–Kier alpha value is -0.690. The SMILES string of the molecule is CCCCCCCCCCCC(=O)OC[C@H](O)[C@@H]1OC[C@@H](O)[C@H]1O. The third-order valence-electron chi connectivity index (χ3n) is 4.47. The van der Waals surface area contributed by atoms with Gasteiger partial charge in [-0.25, -0.2) is 0 Å². The molecule has 0 radical (unpaired) electrons. The van der Waals surface area contributed by atoms with Crippen LogP contribution in [0.15, 0.2) is 0 Å². The Kier molecular flexibility index (Phi) is 11.2. The van der Waals surface area contributed by atoms with Crippen LogP contribution >= 0.6 is 0 Å². The molecule has 0 aromatic rings. The lowest BCUT2D eigenvalue weighted by Crippen LogP contribution is -2.41. The zero-order valence-corrected chi connectivity index (χ0v) is 14.9. The van der Waals surface area contributed by atoms with Gasteiger partial charge in [-0.05, 0) is 6.42 Å². The Labute approximate surface area is 145 Å². The Balaban J connectivity index is 1.96. The van der Waals surface area contributed by atoms with Gasteiger partial charge in [-0.15, -0.1) is 0 Å². The lowest BCUT2D eigenvalue weighted by Gasteiger charge is -2.20. The quantitative estimate of drug-likeness (QED) is 0.348. The van der Waals surface area contributed by atoms with Crippen molar-refractivity contribution in [2.75, 3.05) is 13.2 Å². The van der Waals surface area contributed by atoms with Crippen molar-refractivity contribution < 1.29 is 29.6 Å². The van der Waals surface area contributed by atoms with Gasteiger partial charge in [0.1, 0.15) is 31.0 Å². The lowest BCUT2D eigenvalue weighted by molar-refractivity contribution is -0.151. The van der Waals surface area contributed by atoms with E-state index in [0.717, 1.165) is 19.3 Å². The maximum atomic E-state index is 11.6. The number of aliphatic hydroxyl groups excluding tert-OH is 3. The van der Waals surface area contributed by atoms with Gasteiger partial charge in [0.05, 0.1) is 6.61 Å². The zero-order chi connectivity index (χ0) is 17.8. The summed E-state index contributed by atoms with van der Waals surface area (Å²) in [6, 6.07) is 0. The number of ether oxygens (including phenoxy) is 2. The molecule has 0 aliphatic carbocycles. The van der Waals surface area contributed by atoms with Crippen LogP contribution in [-0.2, 0) is 14.3 Å². The van der Waals surface area contributed by atoms with Gasteiger partial charge in [0, 0.05) is 6.42 Å². The fourth-order valence-corrected chi connectivity index (χ4v) is 2.89. The second-order valence-electron chi connectivity index (χ2n) is 6.68. The number of hydrogen-bond donors (Lipinski definition) is 3. The topological polar surface area (TPSA) is 96.2 Å². The fourth-order valence-electron chi connectivity index (χ4n) is 2.89. The smallest absolute Gasteiger partial charge is 0.305 e. The van der Waals surface area contributed by atoms with E-state index in [-0.39, 0.29) is 19.2 Å². The summed E-state index contributed by atoms with van der Waals surface area (Å²) in [5.41, 5.74) is 0. The number of carbonyl (C=O) groups is 1. The largest absolute Gasteiger partial charge is 0.463 e. The normalized spacial score (nSPS) is 24.9. The molecule has 0 saturated carbocycles. The van der Waals surface area contributed by atoms with Crippen molar-refractivity contribution in [3.8, 4) is 0 Å². The van der Waals surface area contributed by atoms with Crippen LogP contribution in [0.4, 0.5) is 0 Å². The summed E-state index contributed by atoms with van der Waals surface area (Å²) in [5.74, 6) is -0.343. The molecule has 1 heterocycles. The van der Waals surface area contributed by atoms with E-state index >= 15 is 0 Å². The Bertz CT molecular complexity index is 335. The molecule has 0 spiro atoms. The summed E-state index contributed by atoms with van der Waals surface area (Å²) in [7, 11) is 0. The van der Waals surface area contributed by atoms with E-state index in [4.69, 9.17) is 9.47 Å². The molecule has 6 nitrogen and oxygen atoms in total. The fraction of sp³-hybridized carbons (Fsp3) is 0.944.